The van der Waals surface area contributed by atoms with Crippen LogP contribution in [0.4, 0.5) is 0 Å². The maximum atomic E-state index is 5.39. The summed E-state index contributed by atoms with van der Waals surface area (Å²) in [5.41, 5.74) is 0. The monoisotopic (exact) mass is 206 g/mol. The van der Waals surface area contributed by atoms with Crippen molar-refractivity contribution in [3.63, 3.8) is 0 Å². The molecule has 0 aliphatic rings. The molecule has 0 saturated heterocycles. The van der Waals surface area contributed by atoms with Gasteiger partial charge >= 0.3 is 0 Å². The van der Waals surface area contributed by atoms with Gasteiger partial charge in [0.1, 0.15) is 0 Å². The van der Waals surface area contributed by atoms with Gasteiger partial charge in [0.15, 0.2) is 0 Å². The summed E-state index contributed by atoms with van der Waals surface area (Å²) in [6.45, 7) is 5.20. The predicted molar refractivity (Wildman–Crippen MR) is 61.3 cm³/mol. The fraction of sp³-hybridized carbons (Fsp3) is 1.00. The molecule has 80 valence electrons. The highest BCUT2D eigenvalue weighted by Gasteiger charge is 2.05. The smallest absolute Gasteiger partial charge is 0.0872 e. The van der Waals surface area contributed by atoms with Gasteiger partial charge < -0.3 is 9.22 Å². The Morgan fingerprint density at radius 3 is 2.31 bits per heavy atom. The number of nitrogens with zero attached hydrogens (tertiary/aromatic N) is 1. The van der Waals surface area contributed by atoms with Crippen molar-refractivity contribution in [2.45, 2.75) is 13.3 Å². The highest BCUT2D eigenvalue weighted by atomic mass is 32.2. The summed E-state index contributed by atoms with van der Waals surface area (Å²) in [4.78, 5) is 0. The summed E-state index contributed by atoms with van der Waals surface area (Å²) < 4.78 is 6.45. The molecule has 0 N–H and O–H groups in total. The molecule has 3 heteroatoms. The third-order valence-corrected chi connectivity index (χ3v) is 2.55. The zero-order valence-corrected chi connectivity index (χ0v) is 10.3. The summed E-state index contributed by atoms with van der Waals surface area (Å²) >= 11 is 1.99. The molecule has 0 rings (SSSR count). The van der Waals surface area contributed by atoms with Crippen LogP contribution in [-0.4, -0.2) is 56.9 Å². The maximum Gasteiger partial charge on any atom is 0.0872 e. The van der Waals surface area contributed by atoms with E-state index in [0.29, 0.717) is 0 Å². The Morgan fingerprint density at radius 2 is 1.77 bits per heavy atom. The molecule has 0 heterocycles. The molecule has 0 aliphatic heterocycles. The van der Waals surface area contributed by atoms with Crippen molar-refractivity contribution < 1.29 is 9.22 Å². The van der Waals surface area contributed by atoms with Crippen LogP contribution in [0.15, 0.2) is 0 Å². The molecule has 0 radical (unpaired) electrons. The highest BCUT2D eigenvalue weighted by Crippen LogP contribution is 2.02. The van der Waals surface area contributed by atoms with E-state index >= 15 is 0 Å². The van der Waals surface area contributed by atoms with E-state index in [9.17, 15) is 0 Å². The molecule has 13 heavy (non-hydrogen) atoms. The van der Waals surface area contributed by atoms with Crippen LogP contribution >= 0.6 is 11.8 Å². The fourth-order valence-corrected chi connectivity index (χ4v) is 1.92. The third-order valence-electron chi connectivity index (χ3n) is 1.63. The number of rotatable bonds is 8. The van der Waals surface area contributed by atoms with Crippen molar-refractivity contribution >= 4 is 11.8 Å². The van der Waals surface area contributed by atoms with Gasteiger partial charge in [-0.2, -0.15) is 11.8 Å². The Hall–Kier alpha value is 0.270. The summed E-state index contributed by atoms with van der Waals surface area (Å²) in [6.07, 6.45) is 1.13. The maximum absolute atomic E-state index is 5.39. The topological polar surface area (TPSA) is 9.23 Å². The zero-order valence-electron chi connectivity index (χ0n) is 9.51. The summed E-state index contributed by atoms with van der Waals surface area (Å²) in [5, 5.41) is 0. The number of hydrogen-bond donors (Lipinski definition) is 0. The minimum absolute atomic E-state index is 0.912. The lowest BCUT2D eigenvalue weighted by atomic mass is 10.5. The lowest BCUT2D eigenvalue weighted by Gasteiger charge is -2.23. The van der Waals surface area contributed by atoms with Gasteiger partial charge in [0, 0.05) is 18.1 Å². The summed E-state index contributed by atoms with van der Waals surface area (Å²) in [7, 11) is 6.69. The van der Waals surface area contributed by atoms with Crippen molar-refractivity contribution in [2.75, 3.05) is 52.4 Å². The van der Waals surface area contributed by atoms with Gasteiger partial charge in [0.25, 0.3) is 0 Å². The lowest BCUT2D eigenvalue weighted by molar-refractivity contribution is -0.867. The number of thioether (sulfide) groups is 1. The summed E-state index contributed by atoms with van der Waals surface area (Å²) in [5.74, 6) is 2.37. The van der Waals surface area contributed by atoms with Gasteiger partial charge in [-0.3, -0.25) is 0 Å². The second-order valence-corrected chi connectivity index (χ2v) is 5.46. The van der Waals surface area contributed by atoms with E-state index in [1.807, 2.05) is 11.8 Å². The molecular formula is C10H24NOS+. The molecule has 0 fully saturated rings. The van der Waals surface area contributed by atoms with E-state index < -0.39 is 0 Å². The van der Waals surface area contributed by atoms with Gasteiger partial charge in [-0.15, -0.1) is 0 Å². The molecule has 0 aliphatic carbocycles. The van der Waals surface area contributed by atoms with Crippen molar-refractivity contribution in [3.05, 3.63) is 0 Å². The number of hydrogen-bond acceptors (Lipinski definition) is 2. The van der Waals surface area contributed by atoms with E-state index in [2.05, 4.69) is 28.1 Å². The van der Waals surface area contributed by atoms with Crippen molar-refractivity contribution in [2.24, 2.45) is 0 Å². The molecule has 0 saturated carbocycles. The second kappa shape index (κ2) is 7.65. The predicted octanol–water partition coefficient (Wildman–Crippen LogP) is 1.85. The normalized spacial score (nSPS) is 12.0. The first-order valence-electron chi connectivity index (χ1n) is 5.02. The standard InChI is InChI=1S/C10H24NOS/c1-5-7-12-8-10-13-9-6-11(2,3)4/h5-10H2,1-4H3/q+1. The molecule has 0 bridgehead atoms. The SMILES string of the molecule is CCCOCCSCC[N+](C)(C)C. The molecule has 0 aromatic rings. The van der Waals surface area contributed by atoms with Crippen LogP contribution in [0.3, 0.4) is 0 Å². The Labute approximate surface area is 87.2 Å². The molecule has 0 unspecified atom stereocenters. The van der Waals surface area contributed by atoms with Crippen molar-refractivity contribution in [1.82, 2.24) is 0 Å². The fourth-order valence-electron chi connectivity index (χ4n) is 0.805. The van der Waals surface area contributed by atoms with Gasteiger partial charge in [-0.25, -0.2) is 0 Å². The minimum Gasteiger partial charge on any atom is -0.381 e. The van der Waals surface area contributed by atoms with E-state index in [1.165, 1.54) is 12.3 Å². The average Bonchev–Trinajstić information content (AvgIpc) is 2.01. The third kappa shape index (κ3) is 12.3. The molecule has 0 atom stereocenters. The van der Waals surface area contributed by atoms with Gasteiger partial charge in [0.05, 0.1) is 34.3 Å². The summed E-state index contributed by atoms with van der Waals surface area (Å²) in [6, 6.07) is 0. The van der Waals surface area contributed by atoms with Crippen molar-refractivity contribution in [3.8, 4) is 0 Å². The number of quaternary nitrogens is 1. The van der Waals surface area contributed by atoms with E-state index in [0.717, 1.165) is 29.9 Å². The molecular weight excluding hydrogens is 182 g/mol. The molecule has 0 spiro atoms. The minimum atomic E-state index is 0.912. The Balaban J connectivity index is 3.00. The Morgan fingerprint density at radius 1 is 1.08 bits per heavy atom. The molecule has 0 aromatic heterocycles. The quantitative estimate of drug-likeness (QED) is 0.443. The number of ether oxygens (including phenoxy) is 1. The van der Waals surface area contributed by atoms with Crippen LogP contribution in [0.2, 0.25) is 0 Å². The first kappa shape index (κ1) is 13.3. The molecule has 2 nitrogen and oxygen atoms in total. The first-order chi connectivity index (χ1) is 6.06. The molecule has 0 amide bonds. The molecule has 0 aromatic carbocycles. The van der Waals surface area contributed by atoms with Crippen molar-refractivity contribution in [1.29, 1.82) is 0 Å². The van der Waals surface area contributed by atoms with Crippen LogP contribution in [-0.2, 0) is 4.74 Å². The Kier molecular flexibility index (Phi) is 7.81. The van der Waals surface area contributed by atoms with Crippen LogP contribution in [0.1, 0.15) is 13.3 Å². The Bertz CT molecular complexity index is 112. The van der Waals surface area contributed by atoms with Crippen LogP contribution < -0.4 is 0 Å². The lowest BCUT2D eigenvalue weighted by Crippen LogP contribution is -2.36. The highest BCUT2D eigenvalue weighted by molar-refractivity contribution is 7.99. The van der Waals surface area contributed by atoms with Gasteiger partial charge in [-0.05, 0) is 6.42 Å². The van der Waals surface area contributed by atoms with Crippen LogP contribution in [0.25, 0.3) is 0 Å². The average molecular weight is 206 g/mol. The van der Waals surface area contributed by atoms with Crippen LogP contribution in [0, 0.1) is 0 Å². The van der Waals surface area contributed by atoms with Gasteiger partial charge in [0.2, 0.25) is 0 Å². The second-order valence-electron chi connectivity index (χ2n) is 4.24. The van der Waals surface area contributed by atoms with E-state index in [4.69, 9.17) is 4.74 Å². The first-order valence-corrected chi connectivity index (χ1v) is 6.17. The van der Waals surface area contributed by atoms with E-state index in [-0.39, 0.29) is 0 Å². The van der Waals surface area contributed by atoms with Gasteiger partial charge in [-0.1, -0.05) is 6.92 Å². The van der Waals surface area contributed by atoms with Crippen LogP contribution in [0.5, 0.6) is 0 Å². The largest absolute Gasteiger partial charge is 0.381 e. The van der Waals surface area contributed by atoms with E-state index in [1.54, 1.807) is 0 Å². The zero-order chi connectivity index (χ0) is 10.2.